The van der Waals surface area contributed by atoms with Gasteiger partial charge < -0.3 is 42.4 Å². The van der Waals surface area contributed by atoms with Gasteiger partial charge in [0.25, 0.3) is 0 Å². The van der Waals surface area contributed by atoms with Gasteiger partial charge in [-0.05, 0) is 134 Å². The van der Waals surface area contributed by atoms with Crippen LogP contribution in [0.3, 0.4) is 0 Å². The van der Waals surface area contributed by atoms with Crippen molar-refractivity contribution in [1.82, 2.24) is 45.5 Å². The first-order valence-electron chi connectivity index (χ1n) is 49.6. The quantitative estimate of drug-likeness (QED) is 0.0657. The first-order valence-corrected chi connectivity index (χ1v) is 60.1. The van der Waals surface area contributed by atoms with Crippen molar-refractivity contribution in [3.63, 3.8) is 0 Å². The molecule has 0 fully saturated rings. The standard InChI is InChI=1S/2C26H24NSi.C21H15N2O2.2C20H13N2O2.C16H20NSi.3Ir/c2*1-28(2,3)26-19-27-25(18-24(26)21-13-8-5-9-14-21)23-16-10-15-22(17-23)20-11-6-4-7-12-20;1-13-6-8-14(9-7-13)20-22-23-21(25-20)15-10-11-17-16-4-2-3-5-18(16)24-19(17)12-15;2*1-2-6-13(7-3-1)19-21-22-20(24-19)14-10-11-16-15-8-4-5-9-17(15)23-18(16)12-14;1-12-7-6-8-14(9-12)15-10-13(2)16(11-17-15)18(3,4)5;;;/h2*4-15,17-19H,1-3H3;2-9,11-12,16,18H,1H3;2*1-9,11-12,15,17H;6-7,9-11H,1-5H3;;;/q6*-1;;;. The topological polar surface area (TPSA) is 183 Å². The fraction of sp³-hybridized carbons (Fsp3) is 0.140. The van der Waals surface area contributed by atoms with Crippen LogP contribution in [0.25, 0.3) is 147 Å². The minimum atomic E-state index is -1.52. The van der Waals surface area contributed by atoms with Crippen molar-refractivity contribution in [3.8, 4) is 164 Å². The number of allylic oxidation sites excluding steroid dienone is 6. The molecule has 3 aliphatic carbocycles. The molecular weight excluding hydrogens is 2430 g/mol. The molecule has 0 N–H and O–H groups in total. The average molecular weight is 2540 g/mol. The monoisotopic (exact) mass is 2540 g/mol. The number of hydrogen-bond donors (Lipinski definition) is 0. The van der Waals surface area contributed by atoms with Crippen molar-refractivity contribution in [1.29, 1.82) is 0 Å². The third kappa shape index (κ3) is 25.0. The number of aromatic nitrogens is 9. The zero-order valence-corrected chi connectivity index (χ0v) is 95.3. The van der Waals surface area contributed by atoms with Crippen molar-refractivity contribution in [2.45, 2.75) is 116 Å². The molecule has 6 aromatic heterocycles. The zero-order valence-electron chi connectivity index (χ0n) is 85.1. The number of benzene rings is 13. The Kier molecular flexibility index (Phi) is 33.9. The Bertz CT molecular complexity index is 7770. The zero-order chi connectivity index (χ0) is 101. The van der Waals surface area contributed by atoms with Gasteiger partial charge in [0, 0.05) is 131 Å². The van der Waals surface area contributed by atoms with E-state index in [-0.39, 0.29) is 96.4 Å². The summed E-state index contributed by atoms with van der Waals surface area (Å²) in [6.07, 6.45) is 31.3. The van der Waals surface area contributed by atoms with Gasteiger partial charge in [0.05, 0.1) is 24.2 Å². The second-order valence-electron chi connectivity index (χ2n) is 40.1. The number of pyridine rings is 3. The molecule has 3 aliphatic heterocycles. The number of hydrogen-bond acceptors (Lipinski definition) is 15. The third-order valence-electron chi connectivity index (χ3n) is 26.4. The molecule has 3 radical (unpaired) electrons. The Balaban J connectivity index is 0.000000123. The second-order valence-corrected chi connectivity index (χ2v) is 55.2. The molecule has 6 unspecified atom stereocenters. The Hall–Kier alpha value is -14.8. The molecule has 0 saturated carbocycles. The molecule has 0 spiro atoms. The van der Waals surface area contributed by atoms with Crippen molar-refractivity contribution >= 4 is 39.8 Å². The molecule has 6 aliphatic rings. The normalized spacial score (nSPS) is 15.6. The van der Waals surface area contributed by atoms with E-state index in [4.69, 9.17) is 37.4 Å². The number of ether oxygens (including phenoxy) is 3. The van der Waals surface area contributed by atoms with E-state index in [0.29, 0.717) is 35.3 Å². The fourth-order valence-electron chi connectivity index (χ4n) is 18.7. The molecule has 19 aromatic rings. The van der Waals surface area contributed by atoms with E-state index in [1.807, 2.05) is 177 Å². The molecule has 0 saturated heterocycles. The van der Waals surface area contributed by atoms with Crippen LogP contribution in [0.1, 0.15) is 51.1 Å². The minimum absolute atomic E-state index is 0. The predicted octanol–water partition coefficient (Wildman–Crippen LogP) is 29.4. The van der Waals surface area contributed by atoms with Crippen molar-refractivity contribution in [2.24, 2.45) is 0 Å². The summed E-state index contributed by atoms with van der Waals surface area (Å²) in [4.78, 5) is 14.3. The van der Waals surface area contributed by atoms with Gasteiger partial charge in [-0.25, -0.2) is 0 Å². The van der Waals surface area contributed by atoms with Gasteiger partial charge in [-0.1, -0.05) is 371 Å². The van der Waals surface area contributed by atoms with E-state index >= 15 is 0 Å². The summed E-state index contributed by atoms with van der Waals surface area (Å²) in [6.45, 7) is 27.6. The van der Waals surface area contributed by atoms with Crippen molar-refractivity contribution in [3.05, 3.63) is 477 Å². The van der Waals surface area contributed by atoms with Gasteiger partial charge in [-0.3, -0.25) is 0 Å². The van der Waals surface area contributed by atoms with E-state index in [0.717, 1.165) is 101 Å². The first kappa shape index (κ1) is 106. The summed E-state index contributed by atoms with van der Waals surface area (Å²) in [5.41, 5.74) is 28.2. The first-order chi connectivity index (χ1) is 71.5. The van der Waals surface area contributed by atoms with Crippen molar-refractivity contribution < 1.29 is 87.8 Å². The molecule has 9 heterocycles. The predicted molar refractivity (Wildman–Crippen MR) is 599 cm³/mol. The number of nitrogens with zero attached hydrogens (tertiary/aromatic N) is 9. The van der Waals surface area contributed by atoms with Crippen LogP contribution in [0.5, 0.6) is 17.2 Å². The van der Waals surface area contributed by atoms with Crippen molar-refractivity contribution in [2.75, 3.05) is 0 Å². The average Bonchev–Trinajstić information content (AvgIpc) is 1.57. The Morgan fingerprint density at radius 1 is 0.247 bits per heavy atom. The van der Waals surface area contributed by atoms with Crippen LogP contribution < -0.4 is 29.8 Å². The van der Waals surface area contributed by atoms with Gasteiger partial charge in [0.2, 0.25) is 17.7 Å². The number of fused-ring (bicyclic) bond motifs is 9. The molecule has 13 aromatic carbocycles. The van der Waals surface area contributed by atoms with Gasteiger partial charge in [0.1, 0.15) is 18.3 Å². The second kappa shape index (κ2) is 47.8. The number of aryl methyl sites for hydroxylation is 3. The summed E-state index contributed by atoms with van der Waals surface area (Å²) in [5.74, 6) is 6.19. The summed E-state index contributed by atoms with van der Waals surface area (Å²) < 4.78 is 35.5. The van der Waals surface area contributed by atoms with E-state index in [1.165, 1.54) is 76.8 Å². The fourth-order valence-corrected chi connectivity index (χ4v) is 23.3. The maximum Gasteiger partial charge on any atom is 0.237 e. The minimum Gasteiger partial charge on any atom is -0.505 e. The van der Waals surface area contributed by atoms with Crippen LogP contribution in [0, 0.1) is 57.2 Å². The Labute approximate surface area is 921 Å². The SMILES string of the molecule is C[Si](C)(C)c1cnc(-c2[c-]ccc(-c3ccccc3)c2)cc1-c1ccccc1.C[Si](C)(C)c1cnc(-c2[c-]ccc(-c3ccccc3)c2)cc1-c1ccccc1.Cc1cc[c-]c(-c2cc(C)c([Si](C)(C)C)cn2)c1.Cc1ccc(-c2nnc(-c3[c-]cc4c(c3)OC3C=CC=CC43)o2)cc1.[Ir].[Ir].[Ir].[c-]1cc2c(cc1-c1nnc(-c3ccccc3)o1)OC1C=CC=CC21.[c-]1cc2c(cc1-c1nnc(-c3ccccc3)o1)OC1C=CC=CC21. The van der Waals surface area contributed by atoms with E-state index < -0.39 is 24.2 Å². The van der Waals surface area contributed by atoms with Gasteiger partial charge in [0.15, 0.2) is 17.7 Å². The van der Waals surface area contributed by atoms with E-state index in [1.54, 1.807) is 0 Å². The van der Waals surface area contributed by atoms with Gasteiger partial charge in [-0.15, -0.1) is 158 Å². The van der Waals surface area contributed by atoms with Crippen LogP contribution >= 0.6 is 0 Å². The smallest absolute Gasteiger partial charge is 0.237 e. The molecule has 25 rings (SSSR count). The van der Waals surface area contributed by atoms with Crippen LogP contribution in [0.4, 0.5) is 0 Å². The summed E-state index contributed by atoms with van der Waals surface area (Å²) >= 11 is 0. The van der Waals surface area contributed by atoms with E-state index in [2.05, 4.69) is 382 Å². The van der Waals surface area contributed by atoms with Crippen LogP contribution in [0.15, 0.2) is 420 Å². The molecule has 0 bridgehead atoms. The van der Waals surface area contributed by atoms with Gasteiger partial charge in [-0.2, -0.15) is 15.3 Å². The molecule has 15 nitrogen and oxygen atoms in total. The largest absolute Gasteiger partial charge is 0.505 e. The van der Waals surface area contributed by atoms with Crippen LogP contribution in [0.2, 0.25) is 58.9 Å². The molecule has 751 valence electrons. The molecular formula is C129H109Ir3N9O6Si3-6. The summed E-state index contributed by atoms with van der Waals surface area (Å²) in [7, 11) is -4.33. The summed E-state index contributed by atoms with van der Waals surface area (Å²) in [6, 6.07) is 126. The maximum absolute atomic E-state index is 6.03. The maximum atomic E-state index is 6.03. The Morgan fingerprint density at radius 2 is 0.540 bits per heavy atom. The summed E-state index contributed by atoms with van der Waals surface area (Å²) in [5, 5.41) is 29.1. The molecule has 150 heavy (non-hydrogen) atoms. The third-order valence-corrected chi connectivity index (χ3v) is 32.5. The van der Waals surface area contributed by atoms with Crippen LogP contribution in [-0.4, -0.2) is 88.1 Å². The van der Waals surface area contributed by atoms with Gasteiger partial charge >= 0.3 is 0 Å². The molecule has 6 atom stereocenters. The molecule has 0 amide bonds. The Morgan fingerprint density at radius 3 is 0.873 bits per heavy atom. The van der Waals surface area contributed by atoms with E-state index in [9.17, 15) is 0 Å². The molecule has 21 heteroatoms. The number of rotatable bonds is 16. The van der Waals surface area contributed by atoms with Crippen LogP contribution in [-0.2, 0) is 60.3 Å².